The molecule has 9 aromatic carbocycles. The van der Waals surface area contributed by atoms with Crippen LogP contribution in [0, 0.1) is 0 Å². The van der Waals surface area contributed by atoms with Crippen molar-refractivity contribution in [3.8, 4) is 33.4 Å². The van der Waals surface area contributed by atoms with E-state index in [9.17, 15) is 5.48 Å². The number of thiophene rings is 1. The molecule has 13 rings (SSSR count). The monoisotopic (exact) mass is 759 g/mol. The van der Waals surface area contributed by atoms with Crippen molar-refractivity contribution >= 4 is 70.5 Å². The topological polar surface area (TPSA) is 16.4 Å². The van der Waals surface area contributed by atoms with Crippen LogP contribution in [0.25, 0.3) is 75.5 Å². The van der Waals surface area contributed by atoms with Gasteiger partial charge in [0.05, 0.1) is 28.0 Å². The van der Waals surface area contributed by atoms with Crippen molar-refractivity contribution < 1.29 is 9.90 Å². The van der Waals surface area contributed by atoms with Crippen LogP contribution in [0.5, 0.6) is 0 Å². The van der Waals surface area contributed by atoms with Crippen molar-refractivity contribution in [1.82, 2.24) is 0 Å². The molecule has 0 unspecified atom stereocenters. The molecule has 2 nitrogen and oxygen atoms in total. The third kappa shape index (κ3) is 4.11. The van der Waals surface area contributed by atoms with E-state index >= 15 is 0 Å². The van der Waals surface area contributed by atoms with Crippen LogP contribution in [0.1, 0.15) is 27.7 Å². The highest BCUT2D eigenvalue weighted by atomic mass is 32.1. The highest BCUT2D eigenvalue weighted by molar-refractivity contribution is 7.25. The van der Waals surface area contributed by atoms with Gasteiger partial charge in [-0.15, -0.1) is 11.3 Å². The lowest BCUT2D eigenvalue weighted by molar-refractivity contribution is 0.669. The molecule has 2 aromatic heterocycles. The third-order valence-electron chi connectivity index (χ3n) is 12.4. The summed E-state index contributed by atoms with van der Waals surface area (Å²) in [6.07, 6.45) is 0. The summed E-state index contributed by atoms with van der Waals surface area (Å²) in [4.78, 5) is 2.08. The Kier molecular flexibility index (Phi) is 5.80. The first kappa shape index (κ1) is 28.2. The van der Waals surface area contributed by atoms with Crippen LogP contribution >= 0.6 is 11.3 Å². The molecular formula is C55H33NOS. The lowest BCUT2D eigenvalue weighted by Crippen LogP contribution is -2.26. The third-order valence-corrected chi connectivity index (χ3v) is 13.6. The Hall–Kier alpha value is -7.20. The molecule has 2 heterocycles. The van der Waals surface area contributed by atoms with Crippen LogP contribution in [-0.4, -0.2) is 0 Å². The van der Waals surface area contributed by atoms with Crippen molar-refractivity contribution in [3.63, 3.8) is 0 Å². The Balaban J connectivity index is 1.21. The Morgan fingerprint density at radius 3 is 1.83 bits per heavy atom. The summed E-state index contributed by atoms with van der Waals surface area (Å²) in [6, 6.07) is 60.3. The average molecular weight is 760 g/mol. The van der Waals surface area contributed by atoms with Crippen LogP contribution in [0.15, 0.2) is 205 Å². The van der Waals surface area contributed by atoms with Crippen molar-refractivity contribution in [1.29, 1.82) is 0 Å². The summed E-state index contributed by atoms with van der Waals surface area (Å²) in [5, 5.41) is 3.89. The lowest BCUT2D eigenvalue weighted by atomic mass is 9.70. The number of nitrogens with zero attached hydrogens (tertiary/aromatic N) is 1. The van der Waals surface area contributed by atoms with Crippen LogP contribution in [-0.2, 0) is 5.41 Å². The number of benzene rings is 9. The van der Waals surface area contributed by atoms with E-state index in [2.05, 4.69) is 126 Å². The second kappa shape index (κ2) is 11.9. The Morgan fingerprint density at radius 2 is 1.00 bits per heavy atom. The number of furan rings is 1. The number of fused-ring (bicyclic) bond motifs is 16. The summed E-state index contributed by atoms with van der Waals surface area (Å²) in [6.45, 7) is 0. The highest BCUT2D eigenvalue weighted by Crippen LogP contribution is 2.65. The van der Waals surface area contributed by atoms with Crippen LogP contribution < -0.4 is 4.90 Å². The molecule has 0 N–H and O–H groups in total. The zero-order chi connectivity index (χ0) is 41.4. The molecule has 11 aromatic rings. The fourth-order valence-electron chi connectivity index (χ4n) is 10.2. The van der Waals surface area contributed by atoms with Gasteiger partial charge in [-0.1, -0.05) is 164 Å². The molecule has 58 heavy (non-hydrogen) atoms. The van der Waals surface area contributed by atoms with Crippen molar-refractivity contribution in [2.24, 2.45) is 0 Å². The molecule has 0 saturated heterocycles. The van der Waals surface area contributed by atoms with Crippen LogP contribution in [0.3, 0.4) is 0 Å². The normalized spacial score (nSPS) is 14.3. The molecule has 0 aliphatic heterocycles. The van der Waals surface area contributed by atoms with Gasteiger partial charge in [-0.25, -0.2) is 0 Å². The first-order valence-corrected chi connectivity index (χ1v) is 20.4. The van der Waals surface area contributed by atoms with Crippen molar-refractivity contribution in [2.45, 2.75) is 5.41 Å². The number of hydrogen-bond acceptors (Lipinski definition) is 3. The van der Waals surface area contributed by atoms with Crippen LogP contribution in [0.4, 0.5) is 17.1 Å². The zero-order valence-electron chi connectivity index (χ0n) is 35.0. The first-order chi connectivity index (χ1) is 30.5. The fourth-order valence-corrected chi connectivity index (χ4v) is 11.4. The predicted molar refractivity (Wildman–Crippen MR) is 243 cm³/mol. The molecule has 0 saturated carbocycles. The van der Waals surface area contributed by atoms with Gasteiger partial charge in [0, 0.05) is 42.1 Å². The van der Waals surface area contributed by atoms with E-state index in [1.54, 1.807) is 11.3 Å². The Bertz CT molecular complexity index is 3690. The summed E-state index contributed by atoms with van der Waals surface area (Å²) < 4.78 is 47.4. The van der Waals surface area contributed by atoms with Crippen molar-refractivity contribution in [3.05, 3.63) is 222 Å². The predicted octanol–water partition coefficient (Wildman–Crippen LogP) is 15.4. The van der Waals surface area contributed by atoms with Crippen molar-refractivity contribution in [2.75, 3.05) is 4.90 Å². The standard InChI is InChI=1S/C55H33NOS/c1-7-24-42-34(16-1)35-17-2-8-25-43(35)55(42)44-26-9-3-20-40(44)53-45(55)27-15-29-47(53)56(48-30-13-23-39-37-19-5-11-31-49(37)57-54(39)48)46-28-10-4-18-36(46)38-22-14-33-51-52(38)41-21-6-12-32-50(41)58-51/h1-33H/i4D,10D,18D,28D. The molecule has 0 atom stereocenters. The van der Waals surface area contributed by atoms with Gasteiger partial charge in [-0.3, -0.25) is 0 Å². The molecule has 0 amide bonds. The number of rotatable bonds is 4. The van der Waals surface area contributed by atoms with E-state index in [-0.39, 0.29) is 24.2 Å². The molecule has 0 bridgehead atoms. The van der Waals surface area contributed by atoms with Gasteiger partial charge in [0.15, 0.2) is 5.58 Å². The average Bonchev–Trinajstić information content (AvgIpc) is 4.06. The minimum Gasteiger partial charge on any atom is -0.454 e. The summed E-state index contributed by atoms with van der Waals surface area (Å²) in [5.74, 6) is 0. The molecule has 1 spiro atoms. The van der Waals surface area contributed by atoms with E-state index in [1.807, 2.05) is 54.6 Å². The van der Waals surface area contributed by atoms with E-state index in [4.69, 9.17) is 4.42 Å². The second-order valence-electron chi connectivity index (χ2n) is 15.2. The molecule has 270 valence electrons. The minimum atomic E-state index is -0.633. The van der Waals surface area contributed by atoms with E-state index in [1.165, 1.54) is 27.8 Å². The summed E-state index contributed by atoms with van der Waals surface area (Å²) >= 11 is 1.69. The van der Waals surface area contributed by atoms with E-state index in [0.29, 0.717) is 22.5 Å². The van der Waals surface area contributed by atoms with Crippen LogP contribution in [0.2, 0.25) is 0 Å². The lowest BCUT2D eigenvalue weighted by Gasteiger charge is -2.32. The van der Waals surface area contributed by atoms with Gasteiger partial charge < -0.3 is 9.32 Å². The Morgan fingerprint density at radius 1 is 0.431 bits per heavy atom. The molecule has 0 radical (unpaired) electrons. The fraction of sp³-hybridized carbons (Fsp3) is 0.0182. The largest absolute Gasteiger partial charge is 0.454 e. The minimum absolute atomic E-state index is 0.103. The molecule has 2 aliphatic rings. The quantitative estimate of drug-likeness (QED) is 0.178. The maximum atomic E-state index is 10.0. The van der Waals surface area contributed by atoms with E-state index < -0.39 is 5.41 Å². The Labute approximate surface area is 345 Å². The molecular weight excluding hydrogens is 723 g/mol. The zero-order valence-corrected chi connectivity index (χ0v) is 31.8. The maximum Gasteiger partial charge on any atom is 0.159 e. The molecule has 2 aliphatic carbocycles. The van der Waals surface area contributed by atoms with E-state index in [0.717, 1.165) is 64.5 Å². The number of anilines is 3. The molecule has 0 fully saturated rings. The summed E-state index contributed by atoms with van der Waals surface area (Å²) in [5.41, 5.74) is 12.9. The SMILES string of the molecule is [2H]c1c([2H])c([2H])c(N(c2cccc3c2-c2ccccc2C32c3ccccc3-c3ccccc32)c2cccc3c2oc2ccccc23)c(-c2cccc3sc4ccccc4c23)c1[2H]. The highest BCUT2D eigenvalue weighted by Gasteiger charge is 2.52. The van der Waals surface area contributed by atoms with Gasteiger partial charge in [0.1, 0.15) is 5.58 Å². The van der Waals surface area contributed by atoms with Gasteiger partial charge in [0.2, 0.25) is 0 Å². The number of hydrogen-bond donors (Lipinski definition) is 0. The second-order valence-corrected chi connectivity index (χ2v) is 16.3. The first-order valence-electron chi connectivity index (χ1n) is 21.6. The number of para-hydroxylation sites is 3. The summed E-state index contributed by atoms with van der Waals surface area (Å²) in [7, 11) is 0. The molecule has 3 heteroatoms. The van der Waals surface area contributed by atoms with Gasteiger partial charge in [0.25, 0.3) is 0 Å². The van der Waals surface area contributed by atoms with Gasteiger partial charge in [-0.2, -0.15) is 0 Å². The van der Waals surface area contributed by atoms with Gasteiger partial charge >= 0.3 is 0 Å². The smallest absolute Gasteiger partial charge is 0.159 e. The maximum absolute atomic E-state index is 10.0. The van der Waals surface area contributed by atoms with Gasteiger partial charge in [-0.05, 0) is 80.9 Å².